The number of aliphatic hydroxyl groups excluding tert-OH is 1. The number of hydrogen-bond donors (Lipinski definition) is 3. The maximum Gasteiger partial charge on any atom is 0.391 e. The predicted molar refractivity (Wildman–Crippen MR) is 85.9 cm³/mol. The minimum Gasteiger partial charge on any atom is -0.396 e. The van der Waals surface area contributed by atoms with E-state index in [9.17, 15) is 18.3 Å². The first-order valence-electron chi connectivity index (χ1n) is 8.61. The Hall–Kier alpha value is -1.02. The summed E-state index contributed by atoms with van der Waals surface area (Å²) in [6.07, 6.45) is -1.03. The highest BCUT2D eigenvalue weighted by Crippen LogP contribution is 2.37. The second kappa shape index (κ2) is 8.38. The molecule has 2 aliphatic rings. The molecule has 24 heavy (non-hydrogen) atoms. The molecule has 2 atom stereocenters. The van der Waals surface area contributed by atoms with Crippen molar-refractivity contribution in [3.63, 3.8) is 0 Å². The molecular formula is C16H28F3N3O2. The summed E-state index contributed by atoms with van der Waals surface area (Å²) in [5, 5.41) is 16.0. The van der Waals surface area contributed by atoms with E-state index < -0.39 is 12.1 Å². The standard InChI is InChI=1S/C16H28F3N3O2/c1-20-14(21-10-15(11-23)5-7-24-8-6-15)22-13-4-2-3-12(9-13)16(17,18)19/h12-13,23H,2-11H2,1H3,(H2,20,21,22). The maximum atomic E-state index is 12.9. The molecule has 2 unspecified atom stereocenters. The van der Waals surface area contributed by atoms with Crippen molar-refractivity contribution in [1.29, 1.82) is 0 Å². The molecule has 0 bridgehead atoms. The van der Waals surface area contributed by atoms with Gasteiger partial charge in [-0.25, -0.2) is 0 Å². The van der Waals surface area contributed by atoms with Gasteiger partial charge >= 0.3 is 6.18 Å². The molecule has 0 spiro atoms. The number of ether oxygens (including phenoxy) is 1. The van der Waals surface area contributed by atoms with Crippen LogP contribution in [0.2, 0.25) is 0 Å². The molecule has 140 valence electrons. The Bertz CT molecular complexity index is 423. The number of halogens is 3. The van der Waals surface area contributed by atoms with E-state index in [1.165, 1.54) is 0 Å². The van der Waals surface area contributed by atoms with E-state index in [-0.39, 0.29) is 30.9 Å². The van der Waals surface area contributed by atoms with Crippen molar-refractivity contribution >= 4 is 5.96 Å². The fraction of sp³-hybridized carbons (Fsp3) is 0.938. The largest absolute Gasteiger partial charge is 0.396 e. The molecule has 0 radical (unpaired) electrons. The van der Waals surface area contributed by atoms with Crippen molar-refractivity contribution in [3.8, 4) is 0 Å². The van der Waals surface area contributed by atoms with Gasteiger partial charge in [-0.05, 0) is 32.1 Å². The van der Waals surface area contributed by atoms with Crippen molar-refractivity contribution in [2.45, 2.75) is 50.7 Å². The van der Waals surface area contributed by atoms with Crippen LogP contribution in [0.15, 0.2) is 4.99 Å². The van der Waals surface area contributed by atoms with Gasteiger partial charge in [0.15, 0.2) is 5.96 Å². The zero-order chi connectivity index (χ0) is 17.6. The van der Waals surface area contributed by atoms with Gasteiger partial charge in [-0.1, -0.05) is 6.42 Å². The number of alkyl halides is 3. The summed E-state index contributed by atoms with van der Waals surface area (Å²) in [5.74, 6) is -0.733. The molecule has 0 aromatic rings. The zero-order valence-corrected chi connectivity index (χ0v) is 14.2. The Morgan fingerprint density at radius 1 is 1.29 bits per heavy atom. The number of rotatable bonds is 4. The number of nitrogens with one attached hydrogen (secondary N) is 2. The minimum absolute atomic E-state index is 0.0555. The molecule has 0 amide bonds. The zero-order valence-electron chi connectivity index (χ0n) is 14.2. The SMILES string of the molecule is CN=C(NCC1(CO)CCOCC1)NC1CCCC(C(F)(F)F)C1. The second-order valence-corrected chi connectivity index (χ2v) is 6.94. The van der Waals surface area contributed by atoms with Gasteiger partial charge in [0.2, 0.25) is 0 Å². The van der Waals surface area contributed by atoms with Crippen LogP contribution in [-0.4, -0.2) is 56.7 Å². The summed E-state index contributed by atoms with van der Waals surface area (Å²) >= 11 is 0. The van der Waals surface area contributed by atoms with Gasteiger partial charge in [-0.15, -0.1) is 0 Å². The van der Waals surface area contributed by atoms with Crippen molar-refractivity contribution in [1.82, 2.24) is 10.6 Å². The first kappa shape index (κ1) is 19.3. The van der Waals surface area contributed by atoms with Crippen LogP contribution in [-0.2, 0) is 4.74 Å². The molecule has 1 heterocycles. The van der Waals surface area contributed by atoms with E-state index in [1.807, 2.05) is 0 Å². The quantitative estimate of drug-likeness (QED) is 0.536. The van der Waals surface area contributed by atoms with Gasteiger partial charge in [0.05, 0.1) is 12.5 Å². The molecule has 2 rings (SSSR count). The molecular weight excluding hydrogens is 323 g/mol. The molecule has 1 aliphatic carbocycles. The topological polar surface area (TPSA) is 65.9 Å². The van der Waals surface area contributed by atoms with Crippen molar-refractivity contribution in [3.05, 3.63) is 0 Å². The smallest absolute Gasteiger partial charge is 0.391 e. The van der Waals surface area contributed by atoms with E-state index in [0.717, 1.165) is 12.8 Å². The van der Waals surface area contributed by atoms with Gasteiger partial charge in [0, 0.05) is 38.3 Å². The Kier molecular flexibility index (Phi) is 6.74. The Balaban J connectivity index is 1.85. The average molecular weight is 351 g/mol. The third-order valence-electron chi connectivity index (χ3n) is 5.22. The van der Waals surface area contributed by atoms with E-state index in [1.54, 1.807) is 7.05 Å². The van der Waals surface area contributed by atoms with Gasteiger partial charge < -0.3 is 20.5 Å². The predicted octanol–water partition coefficient (Wildman–Crippen LogP) is 2.06. The molecule has 1 saturated heterocycles. The van der Waals surface area contributed by atoms with Gasteiger partial charge in [-0.2, -0.15) is 13.2 Å². The Morgan fingerprint density at radius 2 is 2.00 bits per heavy atom. The third kappa shape index (κ3) is 5.24. The van der Waals surface area contributed by atoms with E-state index in [2.05, 4.69) is 15.6 Å². The van der Waals surface area contributed by atoms with Crippen LogP contribution in [0.25, 0.3) is 0 Å². The molecule has 2 fully saturated rings. The fourth-order valence-corrected chi connectivity index (χ4v) is 3.47. The van der Waals surface area contributed by atoms with Gasteiger partial charge in [0.1, 0.15) is 0 Å². The highest BCUT2D eigenvalue weighted by atomic mass is 19.4. The maximum absolute atomic E-state index is 12.9. The Labute approximate surface area is 141 Å². The number of guanidine groups is 1. The summed E-state index contributed by atoms with van der Waals surface area (Å²) in [7, 11) is 1.61. The van der Waals surface area contributed by atoms with Crippen LogP contribution in [0.4, 0.5) is 13.2 Å². The summed E-state index contributed by atoms with van der Waals surface area (Å²) in [4.78, 5) is 4.12. The first-order chi connectivity index (χ1) is 11.4. The lowest BCUT2D eigenvalue weighted by Gasteiger charge is -2.37. The highest BCUT2D eigenvalue weighted by molar-refractivity contribution is 5.80. The monoisotopic (exact) mass is 351 g/mol. The molecule has 0 aromatic heterocycles. The number of nitrogens with zero attached hydrogens (tertiary/aromatic N) is 1. The van der Waals surface area contributed by atoms with Gasteiger partial charge in [-0.3, -0.25) is 4.99 Å². The molecule has 1 aliphatic heterocycles. The normalized spacial score (nSPS) is 28.5. The van der Waals surface area contributed by atoms with Crippen LogP contribution in [0.3, 0.4) is 0 Å². The number of aliphatic hydroxyl groups is 1. The van der Waals surface area contributed by atoms with Gasteiger partial charge in [0.25, 0.3) is 0 Å². The second-order valence-electron chi connectivity index (χ2n) is 6.94. The first-order valence-corrected chi connectivity index (χ1v) is 8.61. The highest BCUT2D eigenvalue weighted by Gasteiger charge is 2.42. The van der Waals surface area contributed by atoms with E-state index in [0.29, 0.717) is 38.6 Å². The van der Waals surface area contributed by atoms with Crippen LogP contribution in [0, 0.1) is 11.3 Å². The molecule has 1 saturated carbocycles. The Morgan fingerprint density at radius 3 is 2.58 bits per heavy atom. The number of hydrogen-bond acceptors (Lipinski definition) is 3. The molecule has 5 nitrogen and oxygen atoms in total. The van der Waals surface area contributed by atoms with E-state index in [4.69, 9.17) is 4.74 Å². The lowest BCUT2D eigenvalue weighted by Crippen LogP contribution is -2.51. The summed E-state index contributed by atoms with van der Waals surface area (Å²) in [6, 6.07) is -0.226. The number of aliphatic imine (C=N–C) groups is 1. The summed E-state index contributed by atoms with van der Waals surface area (Å²) < 4.78 is 44.1. The lowest BCUT2D eigenvalue weighted by atomic mass is 9.81. The van der Waals surface area contributed by atoms with Crippen LogP contribution < -0.4 is 10.6 Å². The van der Waals surface area contributed by atoms with Crippen LogP contribution in [0.1, 0.15) is 38.5 Å². The van der Waals surface area contributed by atoms with E-state index >= 15 is 0 Å². The van der Waals surface area contributed by atoms with Crippen molar-refractivity contribution in [2.75, 3.05) is 33.4 Å². The van der Waals surface area contributed by atoms with Crippen LogP contribution >= 0.6 is 0 Å². The third-order valence-corrected chi connectivity index (χ3v) is 5.22. The van der Waals surface area contributed by atoms with Crippen LogP contribution in [0.5, 0.6) is 0 Å². The lowest BCUT2D eigenvalue weighted by molar-refractivity contribution is -0.183. The molecule has 0 aromatic carbocycles. The molecule has 3 N–H and O–H groups in total. The summed E-state index contributed by atoms with van der Waals surface area (Å²) in [5.41, 5.74) is -0.253. The minimum atomic E-state index is -4.12. The fourth-order valence-electron chi connectivity index (χ4n) is 3.47. The average Bonchev–Trinajstić information content (AvgIpc) is 2.59. The summed E-state index contributed by atoms with van der Waals surface area (Å²) in [6.45, 7) is 1.82. The van der Waals surface area contributed by atoms with Crippen molar-refractivity contribution in [2.24, 2.45) is 16.3 Å². The molecule has 8 heteroatoms. The van der Waals surface area contributed by atoms with Crippen molar-refractivity contribution < 1.29 is 23.0 Å².